The first-order chi connectivity index (χ1) is 6.38. The van der Waals surface area contributed by atoms with E-state index >= 15 is 0 Å². The third-order valence-corrected chi connectivity index (χ3v) is 2.16. The maximum Gasteiger partial charge on any atom is 0.190 e. The average Bonchev–Trinajstić information content (AvgIpc) is 2.19. The molecule has 0 spiro atoms. The summed E-state index contributed by atoms with van der Waals surface area (Å²) in [4.78, 5) is 3.50. The van der Waals surface area contributed by atoms with Gasteiger partial charge < -0.3 is 0 Å². The quantitative estimate of drug-likeness (QED) is 0.479. The van der Waals surface area contributed by atoms with Crippen molar-refractivity contribution >= 4 is 5.69 Å². The van der Waals surface area contributed by atoms with Gasteiger partial charge in [0, 0.05) is 0 Å². The summed E-state index contributed by atoms with van der Waals surface area (Å²) >= 11 is 0. The molecule has 0 bridgehead atoms. The Morgan fingerprint density at radius 1 is 1.23 bits per heavy atom. The Morgan fingerprint density at radius 2 is 2.00 bits per heavy atom. The maximum atomic E-state index is 6.99. The Labute approximate surface area is 80.2 Å². The van der Waals surface area contributed by atoms with Crippen LogP contribution in [0.2, 0.25) is 0 Å². The predicted octanol–water partition coefficient (Wildman–Crippen LogP) is 3.97. The number of para-hydroxylation sites is 1. The van der Waals surface area contributed by atoms with E-state index < -0.39 is 0 Å². The molecule has 0 saturated carbocycles. The molecule has 0 aliphatic carbocycles. The zero-order chi connectivity index (χ0) is 9.52. The Morgan fingerprint density at radius 3 is 2.69 bits per heavy atom. The Balaban J connectivity index is 2.60. The van der Waals surface area contributed by atoms with Gasteiger partial charge >= 0.3 is 0 Å². The summed E-state index contributed by atoms with van der Waals surface area (Å²) in [6.45, 7) is 9.19. The highest BCUT2D eigenvalue weighted by Gasteiger charge is 1.99. The van der Waals surface area contributed by atoms with Crippen LogP contribution in [0.3, 0.4) is 0 Å². The molecule has 0 N–H and O–H groups in total. The van der Waals surface area contributed by atoms with Gasteiger partial charge in [-0.1, -0.05) is 50.5 Å². The number of unbranched alkanes of at least 4 members (excludes halogenated alkanes) is 2. The zero-order valence-corrected chi connectivity index (χ0v) is 8.09. The fourth-order valence-corrected chi connectivity index (χ4v) is 1.40. The molecule has 0 aliphatic rings. The van der Waals surface area contributed by atoms with Crippen molar-refractivity contribution in [3.8, 4) is 0 Å². The van der Waals surface area contributed by atoms with Gasteiger partial charge in [-0.15, -0.1) is 0 Å². The van der Waals surface area contributed by atoms with Crippen molar-refractivity contribution in [3.63, 3.8) is 0 Å². The third-order valence-electron chi connectivity index (χ3n) is 2.16. The minimum absolute atomic E-state index is 0.818. The monoisotopic (exact) mass is 173 g/mol. The van der Waals surface area contributed by atoms with E-state index in [2.05, 4.69) is 17.8 Å². The van der Waals surface area contributed by atoms with Crippen molar-refractivity contribution < 1.29 is 0 Å². The molecule has 0 amide bonds. The number of hydrogen-bond acceptors (Lipinski definition) is 0. The first-order valence-corrected chi connectivity index (χ1v) is 4.84. The molecule has 1 nitrogen and oxygen atoms in total. The van der Waals surface area contributed by atoms with Crippen molar-refractivity contribution in [1.29, 1.82) is 0 Å². The number of rotatable bonds is 4. The molecule has 0 saturated heterocycles. The van der Waals surface area contributed by atoms with E-state index in [4.69, 9.17) is 6.57 Å². The second-order valence-electron chi connectivity index (χ2n) is 3.20. The van der Waals surface area contributed by atoms with E-state index in [9.17, 15) is 0 Å². The van der Waals surface area contributed by atoms with Gasteiger partial charge in [-0.05, 0) is 12.0 Å². The fraction of sp³-hybridized carbons (Fsp3) is 0.417. The maximum absolute atomic E-state index is 6.99. The van der Waals surface area contributed by atoms with Crippen molar-refractivity contribution in [2.45, 2.75) is 32.6 Å². The molecule has 68 valence electrons. The van der Waals surface area contributed by atoms with E-state index in [1.165, 1.54) is 24.8 Å². The fourth-order valence-electron chi connectivity index (χ4n) is 1.40. The van der Waals surface area contributed by atoms with Gasteiger partial charge in [-0.3, -0.25) is 0 Å². The molecule has 1 aromatic carbocycles. The van der Waals surface area contributed by atoms with Crippen LogP contribution in [0.15, 0.2) is 24.3 Å². The first-order valence-electron chi connectivity index (χ1n) is 4.84. The second-order valence-corrected chi connectivity index (χ2v) is 3.20. The lowest BCUT2D eigenvalue weighted by Crippen LogP contribution is -1.84. The number of aryl methyl sites for hydroxylation is 1. The predicted molar refractivity (Wildman–Crippen MR) is 55.9 cm³/mol. The molecule has 13 heavy (non-hydrogen) atoms. The van der Waals surface area contributed by atoms with Crippen LogP contribution in [0, 0.1) is 6.57 Å². The van der Waals surface area contributed by atoms with E-state index in [1.54, 1.807) is 0 Å². The van der Waals surface area contributed by atoms with Crippen LogP contribution in [-0.2, 0) is 6.42 Å². The molecule has 1 rings (SSSR count). The first kappa shape index (κ1) is 9.80. The zero-order valence-electron chi connectivity index (χ0n) is 8.09. The smallest absolute Gasteiger partial charge is 0.190 e. The minimum atomic E-state index is 0.818. The molecule has 0 unspecified atom stereocenters. The molecular formula is C12H15N. The summed E-state index contributed by atoms with van der Waals surface area (Å²) in [5.74, 6) is 0. The third kappa shape index (κ3) is 2.91. The SMILES string of the molecule is [C-]#[N+]c1ccccc1CCCCC. The lowest BCUT2D eigenvalue weighted by Gasteiger charge is -2.02. The average molecular weight is 173 g/mol. The van der Waals surface area contributed by atoms with Gasteiger partial charge in [0.25, 0.3) is 0 Å². The Hall–Kier alpha value is -1.29. The van der Waals surface area contributed by atoms with Crippen molar-refractivity contribution in [1.82, 2.24) is 0 Å². The van der Waals surface area contributed by atoms with Gasteiger partial charge in [0.15, 0.2) is 5.69 Å². The van der Waals surface area contributed by atoms with E-state index in [1.807, 2.05) is 18.2 Å². The van der Waals surface area contributed by atoms with E-state index in [0.717, 1.165) is 12.1 Å². The molecule has 0 heterocycles. The highest BCUT2D eigenvalue weighted by atomic mass is 14.6. The van der Waals surface area contributed by atoms with Crippen LogP contribution in [0.25, 0.3) is 4.85 Å². The molecule has 0 atom stereocenters. The summed E-state index contributed by atoms with van der Waals surface area (Å²) < 4.78 is 0. The minimum Gasteiger partial charge on any atom is -0.238 e. The van der Waals surface area contributed by atoms with E-state index in [-0.39, 0.29) is 0 Å². The van der Waals surface area contributed by atoms with Crippen molar-refractivity contribution in [3.05, 3.63) is 41.2 Å². The molecule has 0 aromatic heterocycles. The topological polar surface area (TPSA) is 4.36 Å². The molecule has 0 fully saturated rings. The summed E-state index contributed by atoms with van der Waals surface area (Å²) in [7, 11) is 0. The van der Waals surface area contributed by atoms with Crippen LogP contribution in [0.4, 0.5) is 5.69 Å². The Kier molecular flexibility index (Phi) is 4.05. The lowest BCUT2D eigenvalue weighted by molar-refractivity contribution is 0.718. The standard InChI is InChI=1S/C12H15N/c1-3-4-5-8-11-9-6-7-10-12(11)13-2/h6-7,9-10H,3-5,8H2,1H3. The van der Waals surface area contributed by atoms with Gasteiger partial charge in [0.1, 0.15) is 0 Å². The molecule has 1 aromatic rings. The summed E-state index contributed by atoms with van der Waals surface area (Å²) in [6, 6.07) is 7.89. The molecule has 0 aliphatic heterocycles. The normalized spacial score (nSPS) is 9.54. The van der Waals surface area contributed by atoms with Crippen LogP contribution >= 0.6 is 0 Å². The Bertz CT molecular complexity index is 296. The van der Waals surface area contributed by atoms with Gasteiger partial charge in [0.2, 0.25) is 0 Å². The molecule has 1 heteroatoms. The van der Waals surface area contributed by atoms with Gasteiger partial charge in [-0.2, -0.15) is 0 Å². The highest BCUT2D eigenvalue weighted by Crippen LogP contribution is 2.20. The number of nitrogens with zero attached hydrogens (tertiary/aromatic N) is 1. The summed E-state index contributed by atoms with van der Waals surface area (Å²) in [5.41, 5.74) is 2.02. The van der Waals surface area contributed by atoms with Crippen LogP contribution in [-0.4, -0.2) is 0 Å². The lowest BCUT2D eigenvalue weighted by atomic mass is 10.1. The van der Waals surface area contributed by atoms with E-state index in [0.29, 0.717) is 0 Å². The summed E-state index contributed by atoms with van der Waals surface area (Å²) in [6.07, 6.45) is 4.74. The second kappa shape index (κ2) is 5.37. The van der Waals surface area contributed by atoms with Crippen LogP contribution < -0.4 is 0 Å². The number of benzene rings is 1. The highest BCUT2D eigenvalue weighted by molar-refractivity contribution is 5.51. The largest absolute Gasteiger partial charge is 0.238 e. The number of hydrogen-bond donors (Lipinski definition) is 0. The van der Waals surface area contributed by atoms with Crippen molar-refractivity contribution in [2.75, 3.05) is 0 Å². The van der Waals surface area contributed by atoms with Crippen LogP contribution in [0.1, 0.15) is 31.7 Å². The molecular weight excluding hydrogens is 158 g/mol. The van der Waals surface area contributed by atoms with Gasteiger partial charge in [0.05, 0.1) is 6.57 Å². The van der Waals surface area contributed by atoms with Crippen molar-refractivity contribution in [2.24, 2.45) is 0 Å². The van der Waals surface area contributed by atoms with Crippen LogP contribution in [0.5, 0.6) is 0 Å². The summed E-state index contributed by atoms with van der Waals surface area (Å²) in [5, 5.41) is 0. The molecule has 0 radical (unpaired) electrons. The van der Waals surface area contributed by atoms with Gasteiger partial charge in [-0.25, -0.2) is 4.85 Å².